The maximum Gasteiger partial charge on any atom is 0.416 e. The van der Waals surface area contributed by atoms with Gasteiger partial charge in [0, 0.05) is 18.0 Å². The minimum Gasteiger partial charge on any atom is -0.465 e. The molecule has 23 heavy (non-hydrogen) atoms. The number of methoxy groups -OCH3 is 1. The van der Waals surface area contributed by atoms with E-state index >= 15 is 0 Å². The predicted molar refractivity (Wildman–Crippen MR) is 77.0 cm³/mol. The molecule has 4 nitrogen and oxygen atoms in total. The van der Waals surface area contributed by atoms with Crippen molar-refractivity contribution in [3.63, 3.8) is 0 Å². The maximum atomic E-state index is 12.6. The first-order valence-corrected chi connectivity index (χ1v) is 6.63. The molecule has 0 aliphatic heterocycles. The van der Waals surface area contributed by atoms with Gasteiger partial charge in [0.25, 0.3) is 0 Å². The molecule has 0 saturated heterocycles. The van der Waals surface area contributed by atoms with E-state index in [0.717, 1.165) is 12.1 Å². The quantitative estimate of drug-likeness (QED) is 0.675. The molecule has 0 radical (unpaired) electrons. The van der Waals surface area contributed by atoms with Crippen LogP contribution in [0.15, 0.2) is 48.8 Å². The van der Waals surface area contributed by atoms with Crippen LogP contribution >= 0.6 is 0 Å². The van der Waals surface area contributed by atoms with Crippen molar-refractivity contribution in [1.29, 1.82) is 0 Å². The molecule has 0 aliphatic rings. The number of pyridine rings is 1. The van der Waals surface area contributed by atoms with Crippen LogP contribution in [0.1, 0.15) is 15.9 Å². The number of rotatable bonds is 2. The molecule has 0 spiro atoms. The van der Waals surface area contributed by atoms with Crippen molar-refractivity contribution in [2.75, 3.05) is 7.11 Å². The van der Waals surface area contributed by atoms with Crippen LogP contribution in [-0.2, 0) is 10.9 Å². The highest BCUT2D eigenvalue weighted by atomic mass is 19.4. The van der Waals surface area contributed by atoms with Gasteiger partial charge in [-0.1, -0.05) is 12.1 Å². The Balaban J connectivity index is 1.98. The van der Waals surface area contributed by atoms with Crippen LogP contribution in [0.5, 0.6) is 0 Å². The lowest BCUT2D eigenvalue weighted by Crippen LogP contribution is -2.03. The first-order valence-electron chi connectivity index (χ1n) is 6.63. The summed E-state index contributed by atoms with van der Waals surface area (Å²) in [5, 5.41) is 0. The molecule has 0 fully saturated rings. The van der Waals surface area contributed by atoms with E-state index in [1.54, 1.807) is 28.9 Å². The van der Waals surface area contributed by atoms with Crippen LogP contribution in [-0.4, -0.2) is 22.5 Å². The zero-order valence-electron chi connectivity index (χ0n) is 12.0. The second-order valence-electron chi connectivity index (χ2n) is 4.87. The molecule has 0 saturated carbocycles. The summed E-state index contributed by atoms with van der Waals surface area (Å²) in [5.41, 5.74) is 1.22. The van der Waals surface area contributed by atoms with Crippen molar-refractivity contribution in [1.82, 2.24) is 9.38 Å². The Kier molecular flexibility index (Phi) is 3.55. The number of alkyl halides is 3. The number of ether oxygens (including phenoxy) is 1. The molecule has 3 aromatic rings. The molecule has 0 unspecified atom stereocenters. The van der Waals surface area contributed by atoms with Crippen LogP contribution in [0.3, 0.4) is 0 Å². The van der Waals surface area contributed by atoms with Gasteiger partial charge in [0.2, 0.25) is 0 Å². The van der Waals surface area contributed by atoms with Crippen LogP contribution in [0.2, 0.25) is 0 Å². The summed E-state index contributed by atoms with van der Waals surface area (Å²) in [6.45, 7) is 0. The van der Waals surface area contributed by atoms with Gasteiger partial charge in [0.15, 0.2) is 0 Å². The molecule has 0 N–H and O–H groups in total. The topological polar surface area (TPSA) is 43.6 Å². The minimum atomic E-state index is -4.37. The molecule has 0 amide bonds. The summed E-state index contributed by atoms with van der Waals surface area (Å²) >= 11 is 0. The van der Waals surface area contributed by atoms with Crippen LogP contribution in [0.25, 0.3) is 16.9 Å². The molecule has 3 rings (SSSR count). The number of benzene rings is 1. The predicted octanol–water partition coefficient (Wildman–Crippen LogP) is 3.81. The van der Waals surface area contributed by atoms with Gasteiger partial charge in [-0.25, -0.2) is 9.78 Å². The SMILES string of the molecule is COC(=O)c1ccn2cc(-c3ccc(C(F)(F)F)cc3)nc2c1. The van der Waals surface area contributed by atoms with Crippen LogP contribution in [0, 0.1) is 0 Å². The normalized spacial score (nSPS) is 11.7. The van der Waals surface area contributed by atoms with Gasteiger partial charge in [-0.15, -0.1) is 0 Å². The van der Waals surface area contributed by atoms with Gasteiger partial charge in [-0.3, -0.25) is 0 Å². The van der Waals surface area contributed by atoms with Crippen molar-refractivity contribution in [3.8, 4) is 11.3 Å². The van der Waals surface area contributed by atoms with Crippen molar-refractivity contribution in [3.05, 3.63) is 59.9 Å². The summed E-state index contributed by atoms with van der Waals surface area (Å²) in [4.78, 5) is 15.8. The highest BCUT2D eigenvalue weighted by Crippen LogP contribution is 2.30. The number of carbonyl (C=O) groups excluding carboxylic acids is 1. The Morgan fingerprint density at radius 3 is 2.48 bits per heavy atom. The fourth-order valence-corrected chi connectivity index (χ4v) is 2.20. The molecule has 1 aromatic carbocycles. The van der Waals surface area contributed by atoms with Gasteiger partial charge in [0.05, 0.1) is 23.9 Å². The molecule has 2 heterocycles. The second-order valence-corrected chi connectivity index (χ2v) is 4.87. The van der Waals surface area contributed by atoms with Crippen molar-refractivity contribution >= 4 is 11.6 Å². The molecular weight excluding hydrogens is 309 g/mol. The standard InChI is InChI=1S/C16H11F3N2O2/c1-23-15(22)11-6-7-21-9-13(20-14(21)8-11)10-2-4-12(5-3-10)16(17,18)19/h2-9H,1H3. The number of imidazole rings is 1. The highest BCUT2D eigenvalue weighted by Gasteiger charge is 2.30. The summed E-state index contributed by atoms with van der Waals surface area (Å²) in [7, 11) is 1.28. The Morgan fingerprint density at radius 2 is 1.87 bits per heavy atom. The summed E-state index contributed by atoms with van der Waals surface area (Å²) in [5.74, 6) is -0.480. The molecule has 0 atom stereocenters. The summed E-state index contributed by atoms with van der Waals surface area (Å²) in [6, 6.07) is 7.90. The van der Waals surface area contributed by atoms with Gasteiger partial charge in [0.1, 0.15) is 5.65 Å². The summed E-state index contributed by atoms with van der Waals surface area (Å²) in [6.07, 6.45) is -1.05. The third kappa shape index (κ3) is 2.90. The molecule has 0 bridgehead atoms. The van der Waals surface area contributed by atoms with E-state index < -0.39 is 17.7 Å². The van der Waals surface area contributed by atoms with E-state index in [9.17, 15) is 18.0 Å². The largest absolute Gasteiger partial charge is 0.465 e. The zero-order valence-corrected chi connectivity index (χ0v) is 12.0. The molecule has 118 valence electrons. The first kappa shape index (κ1) is 15.1. The van der Waals surface area contributed by atoms with E-state index in [2.05, 4.69) is 9.72 Å². The van der Waals surface area contributed by atoms with Gasteiger partial charge < -0.3 is 9.14 Å². The maximum absolute atomic E-state index is 12.6. The number of aromatic nitrogens is 2. The minimum absolute atomic E-state index is 0.351. The Labute approximate surface area is 129 Å². The van der Waals surface area contributed by atoms with E-state index in [0.29, 0.717) is 22.5 Å². The number of esters is 1. The van der Waals surface area contributed by atoms with Crippen molar-refractivity contribution < 1.29 is 22.7 Å². The van der Waals surface area contributed by atoms with Gasteiger partial charge in [-0.05, 0) is 24.3 Å². The average Bonchev–Trinajstić information content (AvgIpc) is 2.96. The monoisotopic (exact) mass is 320 g/mol. The number of fused-ring (bicyclic) bond motifs is 1. The molecule has 7 heteroatoms. The number of halogens is 3. The summed E-state index contributed by atoms with van der Waals surface area (Å²) < 4.78 is 44.1. The first-order chi connectivity index (χ1) is 10.9. The number of hydrogen-bond donors (Lipinski definition) is 0. The van der Waals surface area contributed by atoms with Crippen molar-refractivity contribution in [2.45, 2.75) is 6.18 Å². The lowest BCUT2D eigenvalue weighted by molar-refractivity contribution is -0.137. The van der Waals surface area contributed by atoms with E-state index in [4.69, 9.17) is 0 Å². The Morgan fingerprint density at radius 1 is 1.17 bits per heavy atom. The second kappa shape index (κ2) is 5.42. The lowest BCUT2D eigenvalue weighted by atomic mass is 10.1. The number of carbonyl (C=O) groups is 1. The molecular formula is C16H11F3N2O2. The van der Waals surface area contributed by atoms with Gasteiger partial charge >= 0.3 is 12.1 Å². The van der Waals surface area contributed by atoms with E-state index in [1.165, 1.54) is 19.2 Å². The highest BCUT2D eigenvalue weighted by molar-refractivity contribution is 5.90. The number of hydrogen-bond acceptors (Lipinski definition) is 3. The van der Waals surface area contributed by atoms with Gasteiger partial charge in [-0.2, -0.15) is 13.2 Å². The van der Waals surface area contributed by atoms with Crippen LogP contribution in [0.4, 0.5) is 13.2 Å². The smallest absolute Gasteiger partial charge is 0.416 e. The fraction of sp³-hybridized carbons (Fsp3) is 0.125. The van der Waals surface area contributed by atoms with E-state index in [1.807, 2.05) is 0 Å². The fourth-order valence-electron chi connectivity index (χ4n) is 2.20. The third-order valence-corrected chi connectivity index (χ3v) is 3.39. The molecule has 0 aliphatic carbocycles. The third-order valence-electron chi connectivity index (χ3n) is 3.39. The molecule has 2 aromatic heterocycles. The average molecular weight is 320 g/mol. The van der Waals surface area contributed by atoms with Crippen LogP contribution < -0.4 is 0 Å². The zero-order chi connectivity index (χ0) is 16.6. The Hall–Kier alpha value is -2.83. The number of nitrogens with zero attached hydrogens (tertiary/aromatic N) is 2. The van der Waals surface area contributed by atoms with E-state index in [-0.39, 0.29) is 0 Å². The van der Waals surface area contributed by atoms with Crippen molar-refractivity contribution in [2.24, 2.45) is 0 Å². The Bertz CT molecular complexity index is 867. The lowest BCUT2D eigenvalue weighted by Gasteiger charge is -2.06.